The number of aryl methyl sites for hydroxylation is 1. The van der Waals surface area contributed by atoms with Crippen LogP contribution < -0.4 is 10.6 Å². The van der Waals surface area contributed by atoms with E-state index < -0.39 is 17.9 Å². The van der Waals surface area contributed by atoms with Gasteiger partial charge in [0.05, 0.1) is 6.54 Å². The fourth-order valence-electron chi connectivity index (χ4n) is 3.54. The molecule has 6 heteroatoms. The van der Waals surface area contributed by atoms with Crippen LogP contribution in [-0.2, 0) is 20.8 Å². The largest absolute Gasteiger partial charge is 0.480 e. The third-order valence-electron chi connectivity index (χ3n) is 5.04. The Morgan fingerprint density at radius 2 is 1.93 bits per heavy atom. The zero-order valence-corrected chi connectivity index (χ0v) is 16.2. The number of aliphatic carboxylic acids is 1. The molecule has 0 aliphatic heterocycles. The summed E-state index contributed by atoms with van der Waals surface area (Å²) in [4.78, 5) is 35.5. The van der Waals surface area contributed by atoms with Gasteiger partial charge in [0, 0.05) is 6.42 Å². The van der Waals surface area contributed by atoms with Crippen LogP contribution in [0.2, 0.25) is 0 Å². The van der Waals surface area contributed by atoms with E-state index in [9.17, 15) is 19.5 Å². The molecule has 0 saturated heterocycles. The molecule has 2 rings (SSSR count). The van der Waals surface area contributed by atoms with Crippen molar-refractivity contribution in [3.63, 3.8) is 0 Å². The Balaban J connectivity index is 1.88. The van der Waals surface area contributed by atoms with Gasteiger partial charge in [-0.2, -0.15) is 0 Å². The number of carboxylic acid groups (broad SMARTS) is 1. The minimum absolute atomic E-state index is 0.122. The molecule has 2 atom stereocenters. The van der Waals surface area contributed by atoms with Crippen molar-refractivity contribution in [1.29, 1.82) is 0 Å². The molecule has 0 radical (unpaired) electrons. The van der Waals surface area contributed by atoms with Crippen LogP contribution in [0.3, 0.4) is 0 Å². The molecule has 6 nitrogen and oxygen atoms in total. The van der Waals surface area contributed by atoms with Gasteiger partial charge < -0.3 is 15.7 Å². The van der Waals surface area contributed by atoms with Gasteiger partial charge in [-0.05, 0) is 55.1 Å². The van der Waals surface area contributed by atoms with E-state index in [0.29, 0.717) is 18.8 Å². The SMILES string of the molecule is CC(C)CCC(=O)NCC(=O)NC(CC1CCCc2ccccc21)C(=O)O. The molecule has 2 unspecified atom stereocenters. The maximum Gasteiger partial charge on any atom is 0.326 e. The highest BCUT2D eigenvalue weighted by atomic mass is 16.4. The fourth-order valence-corrected chi connectivity index (χ4v) is 3.54. The van der Waals surface area contributed by atoms with E-state index in [1.54, 1.807) is 0 Å². The summed E-state index contributed by atoms with van der Waals surface area (Å²) in [5.74, 6) is -1.16. The lowest BCUT2D eigenvalue weighted by atomic mass is 9.79. The predicted octanol–water partition coefficient (Wildman–Crippen LogP) is 2.62. The van der Waals surface area contributed by atoms with Crippen LogP contribution >= 0.6 is 0 Å². The van der Waals surface area contributed by atoms with Gasteiger partial charge in [0.1, 0.15) is 6.04 Å². The first-order valence-corrected chi connectivity index (χ1v) is 9.73. The first-order chi connectivity index (χ1) is 12.9. The van der Waals surface area contributed by atoms with E-state index >= 15 is 0 Å². The van der Waals surface area contributed by atoms with Gasteiger partial charge in [0.2, 0.25) is 11.8 Å². The third-order valence-corrected chi connectivity index (χ3v) is 5.04. The molecule has 3 N–H and O–H groups in total. The number of rotatable bonds is 9. The second kappa shape index (κ2) is 10.1. The van der Waals surface area contributed by atoms with Crippen LogP contribution in [0.4, 0.5) is 0 Å². The number of hydrogen-bond acceptors (Lipinski definition) is 3. The molecule has 0 fully saturated rings. The lowest BCUT2D eigenvalue weighted by molar-refractivity contribution is -0.142. The van der Waals surface area contributed by atoms with E-state index in [1.807, 2.05) is 26.0 Å². The zero-order valence-electron chi connectivity index (χ0n) is 16.2. The smallest absolute Gasteiger partial charge is 0.326 e. The molecule has 27 heavy (non-hydrogen) atoms. The van der Waals surface area contributed by atoms with E-state index in [0.717, 1.165) is 25.7 Å². The molecule has 1 aliphatic carbocycles. The number of carboxylic acids is 1. The predicted molar refractivity (Wildman–Crippen MR) is 103 cm³/mol. The molecule has 0 aromatic heterocycles. The average Bonchev–Trinajstić information content (AvgIpc) is 2.64. The molecule has 0 spiro atoms. The zero-order chi connectivity index (χ0) is 19.8. The molecule has 2 amide bonds. The van der Waals surface area contributed by atoms with Crippen LogP contribution in [-0.4, -0.2) is 35.5 Å². The number of carbonyl (C=O) groups excluding carboxylic acids is 2. The number of carbonyl (C=O) groups is 3. The quantitative estimate of drug-likeness (QED) is 0.619. The fraction of sp³-hybridized carbons (Fsp3) is 0.571. The maximum atomic E-state index is 12.1. The third kappa shape index (κ3) is 6.70. The lowest BCUT2D eigenvalue weighted by Crippen LogP contribution is -2.46. The van der Waals surface area contributed by atoms with Crippen LogP contribution in [0.25, 0.3) is 0 Å². The van der Waals surface area contributed by atoms with Crippen molar-refractivity contribution in [1.82, 2.24) is 10.6 Å². The summed E-state index contributed by atoms with van der Waals surface area (Å²) in [7, 11) is 0. The van der Waals surface area contributed by atoms with Gasteiger partial charge in [0.15, 0.2) is 0 Å². The summed E-state index contributed by atoms with van der Waals surface area (Å²) in [6.45, 7) is 3.86. The van der Waals surface area contributed by atoms with E-state index in [4.69, 9.17) is 0 Å². The summed E-state index contributed by atoms with van der Waals surface area (Å²) in [5.41, 5.74) is 2.45. The molecule has 0 heterocycles. The molecule has 0 saturated carbocycles. The summed E-state index contributed by atoms with van der Waals surface area (Å²) in [6.07, 6.45) is 4.44. The Bertz CT molecular complexity index is 672. The Morgan fingerprint density at radius 1 is 1.19 bits per heavy atom. The molecule has 1 aromatic carbocycles. The van der Waals surface area contributed by atoms with Crippen molar-refractivity contribution in [2.24, 2.45) is 5.92 Å². The number of fused-ring (bicyclic) bond motifs is 1. The molecule has 1 aromatic rings. The highest BCUT2D eigenvalue weighted by molar-refractivity contribution is 5.87. The minimum Gasteiger partial charge on any atom is -0.480 e. The lowest BCUT2D eigenvalue weighted by Gasteiger charge is -2.28. The van der Waals surface area contributed by atoms with Crippen molar-refractivity contribution in [3.8, 4) is 0 Å². The Kier molecular flexibility index (Phi) is 7.82. The molecule has 148 valence electrons. The number of nitrogens with one attached hydrogen (secondary N) is 2. The standard InChI is InChI=1S/C21H30N2O4/c1-14(2)10-11-19(24)22-13-20(25)23-18(21(26)27)12-16-8-5-7-15-6-3-4-9-17(15)16/h3-4,6,9,14,16,18H,5,7-8,10-13H2,1-2H3,(H,22,24)(H,23,25)(H,26,27). The van der Waals surface area contributed by atoms with Gasteiger partial charge in [-0.3, -0.25) is 9.59 Å². The second-order valence-corrected chi connectivity index (χ2v) is 7.69. The summed E-state index contributed by atoms with van der Waals surface area (Å²) in [6, 6.07) is 7.15. The van der Waals surface area contributed by atoms with Crippen molar-refractivity contribution < 1.29 is 19.5 Å². The van der Waals surface area contributed by atoms with Gasteiger partial charge in [-0.1, -0.05) is 38.1 Å². The van der Waals surface area contributed by atoms with Crippen LogP contribution in [0.15, 0.2) is 24.3 Å². The Labute approximate surface area is 160 Å². The Morgan fingerprint density at radius 3 is 2.63 bits per heavy atom. The van der Waals surface area contributed by atoms with Crippen molar-refractivity contribution >= 4 is 17.8 Å². The molecule has 0 bridgehead atoms. The first kappa shape index (κ1) is 20.9. The Hall–Kier alpha value is -2.37. The molecular weight excluding hydrogens is 344 g/mol. The number of hydrogen-bond donors (Lipinski definition) is 3. The summed E-state index contributed by atoms with van der Waals surface area (Å²) in [5, 5.41) is 14.6. The second-order valence-electron chi connectivity index (χ2n) is 7.69. The number of amides is 2. The van der Waals surface area contributed by atoms with Gasteiger partial charge >= 0.3 is 5.97 Å². The topological polar surface area (TPSA) is 95.5 Å². The van der Waals surface area contributed by atoms with E-state index in [-0.39, 0.29) is 18.4 Å². The van der Waals surface area contributed by atoms with Crippen molar-refractivity contribution in [2.45, 2.75) is 64.3 Å². The monoisotopic (exact) mass is 374 g/mol. The maximum absolute atomic E-state index is 12.1. The summed E-state index contributed by atoms with van der Waals surface area (Å²) < 4.78 is 0. The van der Waals surface area contributed by atoms with Crippen molar-refractivity contribution in [2.75, 3.05) is 6.54 Å². The highest BCUT2D eigenvalue weighted by Gasteiger charge is 2.28. The van der Waals surface area contributed by atoms with Crippen LogP contribution in [0, 0.1) is 5.92 Å². The van der Waals surface area contributed by atoms with Gasteiger partial charge in [-0.15, -0.1) is 0 Å². The van der Waals surface area contributed by atoms with Gasteiger partial charge in [-0.25, -0.2) is 4.79 Å². The number of benzene rings is 1. The molecular formula is C21H30N2O4. The first-order valence-electron chi connectivity index (χ1n) is 9.73. The molecule has 1 aliphatic rings. The average molecular weight is 374 g/mol. The van der Waals surface area contributed by atoms with E-state index in [2.05, 4.69) is 22.8 Å². The van der Waals surface area contributed by atoms with Crippen molar-refractivity contribution in [3.05, 3.63) is 35.4 Å². The van der Waals surface area contributed by atoms with E-state index in [1.165, 1.54) is 11.1 Å². The van der Waals surface area contributed by atoms with Gasteiger partial charge in [0.25, 0.3) is 0 Å². The summed E-state index contributed by atoms with van der Waals surface area (Å²) >= 11 is 0. The highest BCUT2D eigenvalue weighted by Crippen LogP contribution is 2.34. The van der Waals surface area contributed by atoms with Crippen LogP contribution in [0.5, 0.6) is 0 Å². The normalized spacial score (nSPS) is 17.1. The van der Waals surface area contributed by atoms with Crippen LogP contribution in [0.1, 0.15) is 63.0 Å². The minimum atomic E-state index is -1.04.